The van der Waals surface area contributed by atoms with Crippen molar-refractivity contribution < 1.29 is 9.53 Å². The summed E-state index contributed by atoms with van der Waals surface area (Å²) in [5, 5.41) is 5.93. The van der Waals surface area contributed by atoms with Gasteiger partial charge in [-0.05, 0) is 26.2 Å². The zero-order valence-corrected chi connectivity index (χ0v) is 10.4. The van der Waals surface area contributed by atoms with Gasteiger partial charge < -0.3 is 21.1 Å². The van der Waals surface area contributed by atoms with Gasteiger partial charge in [0.25, 0.3) is 0 Å². The molecule has 0 aromatic carbocycles. The minimum absolute atomic E-state index is 0.0286. The van der Waals surface area contributed by atoms with Crippen LogP contribution in [0.5, 0.6) is 0 Å². The predicted octanol–water partition coefficient (Wildman–Crippen LogP) is 0.733. The third-order valence-electron chi connectivity index (χ3n) is 3.74. The third-order valence-corrected chi connectivity index (χ3v) is 3.74. The van der Waals surface area contributed by atoms with Crippen molar-refractivity contribution in [1.29, 1.82) is 0 Å². The van der Waals surface area contributed by atoms with Crippen molar-refractivity contribution in [2.45, 2.75) is 63.3 Å². The molecule has 2 saturated carbocycles. The highest BCUT2D eigenvalue weighted by molar-refractivity contribution is 5.75. The summed E-state index contributed by atoms with van der Waals surface area (Å²) in [6.45, 7) is 2.62. The van der Waals surface area contributed by atoms with E-state index in [4.69, 9.17) is 10.5 Å². The summed E-state index contributed by atoms with van der Waals surface area (Å²) in [5.41, 5.74) is 5.88. The molecular formula is C12H23N3O2. The number of nitrogens with one attached hydrogen (secondary N) is 2. The van der Waals surface area contributed by atoms with Gasteiger partial charge >= 0.3 is 6.03 Å². The van der Waals surface area contributed by atoms with Gasteiger partial charge in [0, 0.05) is 18.7 Å². The number of rotatable bonds is 4. The van der Waals surface area contributed by atoms with E-state index in [1.54, 1.807) is 0 Å². The molecule has 0 heterocycles. The Morgan fingerprint density at radius 3 is 2.65 bits per heavy atom. The highest BCUT2D eigenvalue weighted by Crippen LogP contribution is 2.22. The number of ether oxygens (including phenoxy) is 1. The first-order chi connectivity index (χ1) is 8.20. The number of nitrogens with two attached hydrogens (primary N) is 1. The van der Waals surface area contributed by atoms with Crippen molar-refractivity contribution in [3.8, 4) is 0 Å². The first-order valence-electron chi connectivity index (χ1n) is 6.65. The van der Waals surface area contributed by atoms with E-state index in [9.17, 15) is 4.79 Å². The van der Waals surface area contributed by atoms with Crippen molar-refractivity contribution in [3.05, 3.63) is 0 Å². The van der Waals surface area contributed by atoms with Gasteiger partial charge in [-0.15, -0.1) is 0 Å². The lowest BCUT2D eigenvalue weighted by molar-refractivity contribution is -0.0283. The van der Waals surface area contributed by atoms with Crippen molar-refractivity contribution in [3.63, 3.8) is 0 Å². The number of hydrogen-bond donors (Lipinski definition) is 3. The molecule has 2 amide bonds. The van der Waals surface area contributed by atoms with Crippen LogP contribution in [0.25, 0.3) is 0 Å². The Bertz CT molecular complexity index is 264. The van der Waals surface area contributed by atoms with Crippen LogP contribution in [-0.2, 0) is 4.74 Å². The lowest BCUT2D eigenvalue weighted by Gasteiger charge is -2.42. The average Bonchev–Trinajstić information content (AvgIpc) is 2.79. The minimum atomic E-state index is -0.0956. The van der Waals surface area contributed by atoms with Gasteiger partial charge in [0.1, 0.15) is 0 Å². The molecule has 5 nitrogen and oxygen atoms in total. The summed E-state index contributed by atoms with van der Waals surface area (Å²) in [5.74, 6) is 0. The fraction of sp³-hybridized carbons (Fsp3) is 0.917. The Hall–Kier alpha value is -0.810. The van der Waals surface area contributed by atoms with E-state index in [0.717, 1.165) is 19.3 Å². The van der Waals surface area contributed by atoms with Gasteiger partial charge in [-0.25, -0.2) is 4.79 Å². The topological polar surface area (TPSA) is 76.4 Å². The molecule has 0 radical (unpaired) electrons. The molecule has 0 aromatic rings. The summed E-state index contributed by atoms with van der Waals surface area (Å²) in [7, 11) is 0. The van der Waals surface area contributed by atoms with Crippen molar-refractivity contribution in [2.24, 2.45) is 5.73 Å². The Morgan fingerprint density at radius 1 is 1.35 bits per heavy atom. The molecule has 4 N–H and O–H groups in total. The molecule has 98 valence electrons. The Labute approximate surface area is 102 Å². The number of urea groups is 1. The molecular weight excluding hydrogens is 218 g/mol. The molecule has 0 saturated heterocycles. The standard InChI is InChI=1S/C12H23N3O2/c1-2-17-10-7-9(13)11(10)15-12(16)14-8-5-3-4-6-8/h8-11H,2-7,13H2,1H3,(H2,14,15,16). The van der Waals surface area contributed by atoms with Crippen LogP contribution in [0.1, 0.15) is 39.0 Å². The van der Waals surface area contributed by atoms with E-state index in [-0.39, 0.29) is 24.2 Å². The van der Waals surface area contributed by atoms with Gasteiger partial charge in [-0.2, -0.15) is 0 Å². The molecule has 0 spiro atoms. The maximum Gasteiger partial charge on any atom is 0.315 e. The third kappa shape index (κ3) is 3.10. The smallest absolute Gasteiger partial charge is 0.315 e. The van der Waals surface area contributed by atoms with Crippen LogP contribution in [0.2, 0.25) is 0 Å². The van der Waals surface area contributed by atoms with Crippen LogP contribution in [0, 0.1) is 0 Å². The van der Waals surface area contributed by atoms with Crippen LogP contribution in [0.4, 0.5) is 4.79 Å². The van der Waals surface area contributed by atoms with Crippen LogP contribution < -0.4 is 16.4 Å². The Balaban J connectivity index is 1.73. The summed E-state index contributed by atoms with van der Waals surface area (Å²) in [6, 6.07) is 0.246. The van der Waals surface area contributed by atoms with Gasteiger partial charge in [-0.3, -0.25) is 0 Å². The molecule has 0 aliphatic heterocycles. The number of amides is 2. The van der Waals surface area contributed by atoms with E-state index in [1.807, 2.05) is 6.92 Å². The zero-order valence-electron chi connectivity index (χ0n) is 10.4. The van der Waals surface area contributed by atoms with Gasteiger partial charge in [-0.1, -0.05) is 12.8 Å². The normalized spacial score (nSPS) is 33.2. The van der Waals surface area contributed by atoms with E-state index in [1.165, 1.54) is 12.8 Å². The largest absolute Gasteiger partial charge is 0.376 e. The fourth-order valence-corrected chi connectivity index (χ4v) is 2.68. The van der Waals surface area contributed by atoms with E-state index in [0.29, 0.717) is 12.6 Å². The van der Waals surface area contributed by atoms with Crippen molar-refractivity contribution in [1.82, 2.24) is 10.6 Å². The van der Waals surface area contributed by atoms with Crippen molar-refractivity contribution in [2.75, 3.05) is 6.61 Å². The molecule has 2 rings (SSSR count). The summed E-state index contributed by atoms with van der Waals surface area (Å²) < 4.78 is 5.51. The number of hydrogen-bond acceptors (Lipinski definition) is 3. The Morgan fingerprint density at radius 2 is 2.06 bits per heavy atom. The summed E-state index contributed by atoms with van der Waals surface area (Å²) in [6.07, 6.45) is 5.55. The summed E-state index contributed by atoms with van der Waals surface area (Å²) in [4.78, 5) is 11.8. The maximum atomic E-state index is 11.8. The molecule has 0 bridgehead atoms. The zero-order chi connectivity index (χ0) is 12.3. The lowest BCUT2D eigenvalue weighted by Crippen LogP contribution is -2.66. The van der Waals surface area contributed by atoms with E-state index < -0.39 is 0 Å². The van der Waals surface area contributed by atoms with Crippen molar-refractivity contribution >= 4 is 6.03 Å². The lowest BCUT2D eigenvalue weighted by atomic mass is 9.83. The molecule has 3 unspecified atom stereocenters. The SMILES string of the molecule is CCOC1CC(N)C1NC(=O)NC1CCCC1. The second-order valence-corrected chi connectivity index (χ2v) is 5.02. The molecule has 2 aliphatic rings. The molecule has 3 atom stereocenters. The van der Waals surface area contributed by atoms with E-state index >= 15 is 0 Å². The second kappa shape index (κ2) is 5.69. The van der Waals surface area contributed by atoms with E-state index in [2.05, 4.69) is 10.6 Å². The first-order valence-corrected chi connectivity index (χ1v) is 6.65. The second-order valence-electron chi connectivity index (χ2n) is 5.02. The highest BCUT2D eigenvalue weighted by Gasteiger charge is 2.40. The maximum absolute atomic E-state index is 11.8. The van der Waals surface area contributed by atoms with Crippen LogP contribution >= 0.6 is 0 Å². The predicted molar refractivity (Wildman–Crippen MR) is 65.7 cm³/mol. The quantitative estimate of drug-likeness (QED) is 0.679. The van der Waals surface area contributed by atoms with Crippen LogP contribution in [0.3, 0.4) is 0 Å². The van der Waals surface area contributed by atoms with Gasteiger partial charge in [0.05, 0.1) is 12.1 Å². The number of carbonyl (C=O) groups excluding carboxylic acids is 1. The van der Waals surface area contributed by atoms with Crippen LogP contribution in [-0.4, -0.2) is 36.9 Å². The molecule has 2 aliphatic carbocycles. The molecule has 2 fully saturated rings. The molecule has 5 heteroatoms. The monoisotopic (exact) mass is 241 g/mol. The average molecular weight is 241 g/mol. The fourth-order valence-electron chi connectivity index (χ4n) is 2.68. The minimum Gasteiger partial charge on any atom is -0.376 e. The molecule has 0 aromatic heterocycles. The Kier molecular flexibility index (Phi) is 4.23. The van der Waals surface area contributed by atoms with Crippen LogP contribution in [0.15, 0.2) is 0 Å². The van der Waals surface area contributed by atoms with Gasteiger partial charge in [0.15, 0.2) is 0 Å². The molecule has 17 heavy (non-hydrogen) atoms. The highest BCUT2D eigenvalue weighted by atomic mass is 16.5. The van der Waals surface area contributed by atoms with Gasteiger partial charge in [0.2, 0.25) is 0 Å². The first kappa shape index (κ1) is 12.6. The number of carbonyl (C=O) groups is 1. The summed E-state index contributed by atoms with van der Waals surface area (Å²) >= 11 is 0.